The number of amides is 2. The Hall–Kier alpha value is -4.22. The summed E-state index contributed by atoms with van der Waals surface area (Å²) in [6.07, 6.45) is 0.758. The summed E-state index contributed by atoms with van der Waals surface area (Å²) in [5.74, 6) is 0.526. The van der Waals surface area contributed by atoms with Crippen molar-refractivity contribution < 1.29 is 22.8 Å². The van der Waals surface area contributed by atoms with Crippen molar-refractivity contribution in [3.05, 3.63) is 76.7 Å². The van der Waals surface area contributed by atoms with Gasteiger partial charge in [-0.3, -0.25) is 14.6 Å². The minimum absolute atomic E-state index is 0.0454. The second kappa shape index (κ2) is 11.3. The van der Waals surface area contributed by atoms with E-state index in [1.807, 2.05) is 31.1 Å². The van der Waals surface area contributed by atoms with Gasteiger partial charge in [0.15, 0.2) is 5.69 Å². The molecule has 1 atom stereocenters. The molecule has 1 N–H and O–H groups in total. The number of aromatic nitrogens is 3. The lowest BCUT2D eigenvalue weighted by atomic mass is 10.00. The van der Waals surface area contributed by atoms with Gasteiger partial charge in [-0.1, -0.05) is 6.07 Å². The minimum Gasteiger partial charge on any atom is -0.356 e. The summed E-state index contributed by atoms with van der Waals surface area (Å²) in [7, 11) is 5.59. The first-order valence-corrected chi connectivity index (χ1v) is 13.5. The molecule has 3 heterocycles. The summed E-state index contributed by atoms with van der Waals surface area (Å²) in [5, 5.41) is 2.73. The molecule has 0 saturated carbocycles. The molecule has 1 aliphatic heterocycles. The van der Waals surface area contributed by atoms with E-state index in [1.165, 1.54) is 6.07 Å². The highest BCUT2D eigenvalue weighted by Crippen LogP contribution is 2.34. The Bertz CT molecular complexity index is 1440. The van der Waals surface area contributed by atoms with Crippen molar-refractivity contribution in [2.24, 2.45) is 0 Å². The molecular weight excluding hydrogens is 535 g/mol. The number of nitrogens with zero attached hydrogens (tertiary/aromatic N) is 6. The number of aryl methyl sites for hydroxylation is 1. The quantitative estimate of drug-likeness (QED) is 0.479. The maximum Gasteiger partial charge on any atom is 0.434 e. The highest BCUT2D eigenvalue weighted by atomic mass is 19.4. The van der Waals surface area contributed by atoms with Gasteiger partial charge in [-0.2, -0.15) is 18.2 Å². The standard InChI is InChI=1S/C29H32F3N7O2/c1-37(2)28-34-14-10-24(36-28)39-15-11-20(12-16-39)38(3)27(41)19-7-6-18-8-9-23(22(18)17-19)35-26(40)21-5-4-13-33-25(21)29(30,31)32/h4-7,10,13-14,17,20,23H,8-9,11-12,15-16H2,1-3H3,(H,35,40). The van der Waals surface area contributed by atoms with Crippen molar-refractivity contribution in [1.82, 2.24) is 25.2 Å². The van der Waals surface area contributed by atoms with Gasteiger partial charge in [-0.05, 0) is 67.1 Å². The molecule has 1 unspecified atom stereocenters. The molecule has 1 fully saturated rings. The molecule has 0 radical (unpaired) electrons. The zero-order valence-electron chi connectivity index (χ0n) is 23.1. The van der Waals surface area contributed by atoms with Crippen LogP contribution in [0.1, 0.15) is 62.8 Å². The number of alkyl halides is 3. The fourth-order valence-electron chi connectivity index (χ4n) is 5.52. The third-order valence-corrected chi connectivity index (χ3v) is 7.78. The van der Waals surface area contributed by atoms with Crippen molar-refractivity contribution in [3.8, 4) is 0 Å². The molecule has 1 aromatic carbocycles. The van der Waals surface area contributed by atoms with Gasteiger partial charge in [-0.15, -0.1) is 0 Å². The van der Waals surface area contributed by atoms with Crippen molar-refractivity contribution >= 4 is 23.6 Å². The third kappa shape index (κ3) is 5.96. The van der Waals surface area contributed by atoms with Crippen LogP contribution in [0.25, 0.3) is 0 Å². The molecule has 1 saturated heterocycles. The molecule has 3 aromatic rings. The first-order chi connectivity index (χ1) is 19.5. The van der Waals surface area contributed by atoms with Crippen LogP contribution in [0.5, 0.6) is 0 Å². The maximum atomic E-state index is 13.5. The second-order valence-corrected chi connectivity index (χ2v) is 10.6. The molecule has 1 aliphatic carbocycles. The molecule has 0 bridgehead atoms. The lowest BCUT2D eigenvalue weighted by Gasteiger charge is -2.37. The molecule has 2 amide bonds. The van der Waals surface area contributed by atoms with Crippen LogP contribution in [-0.2, 0) is 12.6 Å². The lowest BCUT2D eigenvalue weighted by Crippen LogP contribution is -2.46. The normalized spacial score (nSPS) is 17.2. The van der Waals surface area contributed by atoms with E-state index in [2.05, 4.69) is 25.2 Å². The monoisotopic (exact) mass is 567 g/mol. The molecule has 216 valence electrons. The summed E-state index contributed by atoms with van der Waals surface area (Å²) >= 11 is 0. The number of carbonyl (C=O) groups excluding carboxylic acids is 2. The highest BCUT2D eigenvalue weighted by molar-refractivity contribution is 5.96. The molecular formula is C29H32F3N7O2. The topological polar surface area (TPSA) is 94.6 Å². The SMILES string of the molecule is CN(C)c1nccc(N2CCC(N(C)C(=O)c3ccc4c(c3)C(NC(=O)c3cccnc3C(F)(F)F)CC4)CC2)n1. The van der Waals surface area contributed by atoms with Crippen LogP contribution >= 0.6 is 0 Å². The van der Waals surface area contributed by atoms with Gasteiger partial charge in [0, 0.05) is 58.2 Å². The summed E-state index contributed by atoms with van der Waals surface area (Å²) in [6, 6.07) is 9.27. The van der Waals surface area contributed by atoms with Crippen molar-refractivity contribution in [1.29, 1.82) is 0 Å². The van der Waals surface area contributed by atoms with Gasteiger partial charge < -0.3 is 20.0 Å². The Kier molecular flexibility index (Phi) is 7.83. The van der Waals surface area contributed by atoms with Crippen LogP contribution < -0.4 is 15.1 Å². The molecule has 2 aliphatic rings. The number of piperidine rings is 1. The number of anilines is 2. The van der Waals surface area contributed by atoms with E-state index in [9.17, 15) is 22.8 Å². The average molecular weight is 568 g/mol. The highest BCUT2D eigenvalue weighted by Gasteiger charge is 2.38. The second-order valence-electron chi connectivity index (χ2n) is 10.6. The lowest BCUT2D eigenvalue weighted by molar-refractivity contribution is -0.141. The van der Waals surface area contributed by atoms with Crippen molar-refractivity contribution in [2.45, 2.75) is 43.9 Å². The smallest absolute Gasteiger partial charge is 0.356 e. The van der Waals surface area contributed by atoms with Gasteiger partial charge >= 0.3 is 6.18 Å². The largest absolute Gasteiger partial charge is 0.434 e. The molecule has 5 rings (SSSR count). The Morgan fingerprint density at radius 1 is 1.00 bits per heavy atom. The number of carbonyl (C=O) groups is 2. The summed E-state index contributed by atoms with van der Waals surface area (Å²) in [4.78, 5) is 44.4. The van der Waals surface area contributed by atoms with Crippen LogP contribution in [0.3, 0.4) is 0 Å². The van der Waals surface area contributed by atoms with E-state index < -0.39 is 29.4 Å². The number of hydrogen-bond donors (Lipinski definition) is 1. The van der Waals surface area contributed by atoms with Crippen LogP contribution in [0, 0.1) is 0 Å². The first-order valence-electron chi connectivity index (χ1n) is 13.5. The van der Waals surface area contributed by atoms with Crippen LogP contribution in [0.2, 0.25) is 0 Å². The van der Waals surface area contributed by atoms with Gasteiger partial charge in [0.25, 0.3) is 11.8 Å². The van der Waals surface area contributed by atoms with E-state index in [0.717, 1.165) is 55.1 Å². The predicted molar refractivity (Wildman–Crippen MR) is 148 cm³/mol. The Morgan fingerprint density at radius 3 is 2.46 bits per heavy atom. The number of fused-ring (bicyclic) bond motifs is 1. The van der Waals surface area contributed by atoms with Gasteiger partial charge in [-0.25, -0.2) is 4.98 Å². The van der Waals surface area contributed by atoms with Gasteiger partial charge in [0.1, 0.15) is 5.82 Å². The number of rotatable bonds is 6. The predicted octanol–water partition coefficient (Wildman–Crippen LogP) is 4.11. The number of halogens is 3. The van der Waals surface area contributed by atoms with Crippen LogP contribution in [0.15, 0.2) is 48.8 Å². The summed E-state index contributed by atoms with van der Waals surface area (Å²) < 4.78 is 40.2. The van der Waals surface area contributed by atoms with Crippen LogP contribution in [-0.4, -0.2) is 71.9 Å². The number of nitrogens with one attached hydrogen (secondary N) is 1. The number of benzene rings is 1. The van der Waals surface area contributed by atoms with Gasteiger partial charge in [0.2, 0.25) is 5.95 Å². The molecule has 12 heteroatoms. The summed E-state index contributed by atoms with van der Waals surface area (Å²) in [6.45, 7) is 1.50. The van der Waals surface area contributed by atoms with Crippen molar-refractivity contribution in [2.75, 3.05) is 44.0 Å². The van der Waals surface area contributed by atoms with E-state index in [1.54, 1.807) is 30.3 Å². The first kappa shape index (κ1) is 28.3. The maximum absolute atomic E-state index is 13.5. The Balaban J connectivity index is 1.25. The average Bonchev–Trinajstić information content (AvgIpc) is 3.37. The zero-order chi connectivity index (χ0) is 29.3. The van der Waals surface area contributed by atoms with E-state index in [-0.39, 0.29) is 11.9 Å². The van der Waals surface area contributed by atoms with Crippen LogP contribution in [0.4, 0.5) is 24.9 Å². The zero-order valence-corrected chi connectivity index (χ0v) is 23.1. The number of pyridine rings is 1. The Morgan fingerprint density at radius 2 is 1.76 bits per heavy atom. The molecule has 41 heavy (non-hydrogen) atoms. The third-order valence-electron chi connectivity index (χ3n) is 7.78. The van der Waals surface area contributed by atoms with E-state index in [0.29, 0.717) is 24.4 Å². The van der Waals surface area contributed by atoms with E-state index >= 15 is 0 Å². The Labute approximate surface area is 236 Å². The fraction of sp³-hybridized carbons (Fsp3) is 0.414. The fourth-order valence-corrected chi connectivity index (χ4v) is 5.52. The van der Waals surface area contributed by atoms with Crippen molar-refractivity contribution in [3.63, 3.8) is 0 Å². The number of hydrogen-bond acceptors (Lipinski definition) is 7. The van der Waals surface area contributed by atoms with Gasteiger partial charge in [0.05, 0.1) is 11.6 Å². The molecule has 9 nitrogen and oxygen atoms in total. The molecule has 2 aromatic heterocycles. The summed E-state index contributed by atoms with van der Waals surface area (Å²) in [5.41, 5.74) is 0.466. The minimum atomic E-state index is -4.74. The molecule has 0 spiro atoms. The van der Waals surface area contributed by atoms with E-state index in [4.69, 9.17) is 0 Å².